The number of carbonyl (C=O) groups is 2. The monoisotopic (exact) mass is 487 g/mol. The summed E-state index contributed by atoms with van der Waals surface area (Å²) in [5.41, 5.74) is 5.51. The lowest BCUT2D eigenvalue weighted by molar-refractivity contribution is -0.137. The van der Waals surface area contributed by atoms with Gasteiger partial charge in [-0.25, -0.2) is 9.97 Å². The Balaban J connectivity index is 1.52. The molecule has 0 fully saturated rings. The molecule has 1 amide bonds. The van der Waals surface area contributed by atoms with Crippen LogP contribution in [0.5, 0.6) is 0 Å². The topological polar surface area (TPSA) is 92.2 Å². The van der Waals surface area contributed by atoms with Gasteiger partial charge < -0.3 is 10.4 Å². The highest BCUT2D eigenvalue weighted by atomic mass is 35.5. The van der Waals surface area contributed by atoms with Crippen LogP contribution >= 0.6 is 11.6 Å². The van der Waals surface area contributed by atoms with E-state index in [1.54, 1.807) is 12.1 Å². The van der Waals surface area contributed by atoms with Gasteiger partial charge in [0.1, 0.15) is 0 Å². The molecular formula is C28H26ClN3O3. The van der Waals surface area contributed by atoms with E-state index in [4.69, 9.17) is 26.7 Å². The number of nitrogens with one attached hydrogen (secondary N) is 1. The molecule has 6 nitrogen and oxygen atoms in total. The molecule has 0 aliphatic carbocycles. The summed E-state index contributed by atoms with van der Waals surface area (Å²) in [6.45, 7) is 0.506. The number of carboxylic acids is 1. The molecule has 0 spiro atoms. The number of carboxylic acid groups (broad SMARTS) is 1. The number of halogens is 1. The van der Waals surface area contributed by atoms with Crippen LogP contribution in [0.25, 0.3) is 22.3 Å². The average molecular weight is 488 g/mol. The van der Waals surface area contributed by atoms with Gasteiger partial charge in [-0.05, 0) is 61.6 Å². The minimum Gasteiger partial charge on any atom is -0.481 e. The number of hydrogen-bond donors (Lipinski definition) is 2. The van der Waals surface area contributed by atoms with Crippen molar-refractivity contribution in [3.8, 4) is 11.3 Å². The Kier molecular flexibility index (Phi) is 8.06. The van der Waals surface area contributed by atoms with Crippen LogP contribution in [0.2, 0.25) is 5.02 Å². The van der Waals surface area contributed by atoms with Crippen molar-refractivity contribution in [1.29, 1.82) is 0 Å². The van der Waals surface area contributed by atoms with E-state index in [9.17, 15) is 9.59 Å². The molecule has 178 valence electrons. The molecule has 4 rings (SSSR count). The fourth-order valence-corrected chi connectivity index (χ4v) is 4.00. The quantitative estimate of drug-likeness (QED) is 0.279. The van der Waals surface area contributed by atoms with Crippen LogP contribution in [-0.2, 0) is 17.6 Å². The lowest BCUT2D eigenvalue weighted by Crippen LogP contribution is -2.25. The normalized spacial score (nSPS) is 10.9. The third-order valence-corrected chi connectivity index (χ3v) is 5.96. The molecular weight excluding hydrogens is 462 g/mol. The molecule has 4 aromatic rings. The Morgan fingerprint density at radius 3 is 2.37 bits per heavy atom. The predicted molar refractivity (Wildman–Crippen MR) is 138 cm³/mol. The summed E-state index contributed by atoms with van der Waals surface area (Å²) in [5.74, 6) is -0.970. The van der Waals surface area contributed by atoms with Crippen molar-refractivity contribution in [2.24, 2.45) is 0 Å². The second-order valence-corrected chi connectivity index (χ2v) is 8.76. The highest BCUT2D eigenvalue weighted by molar-refractivity contribution is 6.30. The van der Waals surface area contributed by atoms with Crippen molar-refractivity contribution in [3.63, 3.8) is 0 Å². The molecule has 0 aliphatic heterocycles. The van der Waals surface area contributed by atoms with E-state index in [0.717, 1.165) is 22.5 Å². The van der Waals surface area contributed by atoms with Crippen LogP contribution in [0.15, 0.2) is 72.8 Å². The van der Waals surface area contributed by atoms with Gasteiger partial charge in [0, 0.05) is 29.1 Å². The van der Waals surface area contributed by atoms with Crippen LogP contribution < -0.4 is 5.32 Å². The molecule has 0 atom stereocenters. The Hall–Kier alpha value is -3.77. The molecule has 7 heteroatoms. The summed E-state index contributed by atoms with van der Waals surface area (Å²) in [7, 11) is 0. The van der Waals surface area contributed by atoms with Gasteiger partial charge in [0.2, 0.25) is 0 Å². The summed E-state index contributed by atoms with van der Waals surface area (Å²) >= 11 is 5.92. The zero-order valence-corrected chi connectivity index (χ0v) is 20.0. The molecule has 2 N–H and O–H groups in total. The van der Waals surface area contributed by atoms with Gasteiger partial charge in [-0.1, -0.05) is 54.1 Å². The highest BCUT2D eigenvalue weighted by Gasteiger charge is 2.13. The fourth-order valence-electron chi connectivity index (χ4n) is 3.88. The second kappa shape index (κ2) is 11.6. The van der Waals surface area contributed by atoms with Gasteiger partial charge in [0.05, 0.1) is 22.4 Å². The number of unbranched alkanes of at least 4 members (excludes halogenated alkanes) is 1. The number of aliphatic carboxylic acids is 1. The van der Waals surface area contributed by atoms with Crippen molar-refractivity contribution in [3.05, 3.63) is 94.6 Å². The number of hydrogen-bond acceptors (Lipinski definition) is 4. The maximum Gasteiger partial charge on any atom is 0.303 e. The first-order valence-electron chi connectivity index (χ1n) is 11.6. The van der Waals surface area contributed by atoms with Crippen LogP contribution in [0.1, 0.15) is 40.9 Å². The highest BCUT2D eigenvalue weighted by Crippen LogP contribution is 2.25. The summed E-state index contributed by atoms with van der Waals surface area (Å²) in [4.78, 5) is 33.3. The van der Waals surface area contributed by atoms with E-state index in [-0.39, 0.29) is 12.3 Å². The molecule has 0 saturated carbocycles. The van der Waals surface area contributed by atoms with E-state index in [1.807, 2.05) is 60.7 Å². The van der Waals surface area contributed by atoms with Crippen molar-refractivity contribution in [2.75, 3.05) is 6.54 Å². The molecule has 3 aromatic carbocycles. The number of aromatic nitrogens is 2. The molecule has 1 aromatic heterocycles. The van der Waals surface area contributed by atoms with Crippen molar-refractivity contribution in [1.82, 2.24) is 15.3 Å². The average Bonchev–Trinajstić information content (AvgIpc) is 2.87. The number of benzene rings is 3. The Morgan fingerprint density at radius 2 is 1.63 bits per heavy atom. The minimum absolute atomic E-state index is 0.127. The SMILES string of the molecule is O=C(O)CCCCc1nc2cc(C(=O)NCCc3ccc(Cl)cc3)ccc2nc1-c1ccccc1. The van der Waals surface area contributed by atoms with Crippen LogP contribution in [0.3, 0.4) is 0 Å². The molecule has 0 bridgehead atoms. The molecule has 1 heterocycles. The van der Waals surface area contributed by atoms with Crippen LogP contribution in [0, 0.1) is 0 Å². The standard InChI is InChI=1S/C28H26ClN3O3/c29-22-13-10-19(11-14-22)16-17-30-28(35)21-12-15-23-25(18-21)31-24(8-4-5-9-26(33)34)27(32-23)20-6-2-1-3-7-20/h1-3,6-7,10-15,18H,4-5,8-9,16-17H2,(H,30,35)(H,33,34). The van der Waals surface area contributed by atoms with Crippen molar-refractivity contribution >= 4 is 34.5 Å². The van der Waals surface area contributed by atoms with Gasteiger partial charge in [-0.3, -0.25) is 9.59 Å². The van der Waals surface area contributed by atoms with E-state index < -0.39 is 5.97 Å². The van der Waals surface area contributed by atoms with Gasteiger partial charge in [-0.2, -0.15) is 0 Å². The fraction of sp³-hybridized carbons (Fsp3) is 0.214. The summed E-state index contributed by atoms with van der Waals surface area (Å²) in [6.07, 6.45) is 2.70. The maximum absolute atomic E-state index is 12.7. The van der Waals surface area contributed by atoms with Crippen molar-refractivity contribution < 1.29 is 14.7 Å². The Morgan fingerprint density at radius 1 is 0.857 bits per heavy atom. The minimum atomic E-state index is -0.801. The lowest BCUT2D eigenvalue weighted by Gasteiger charge is -2.11. The van der Waals surface area contributed by atoms with Crippen LogP contribution in [-0.4, -0.2) is 33.5 Å². The van der Waals surface area contributed by atoms with Gasteiger partial charge >= 0.3 is 5.97 Å². The van der Waals surface area contributed by atoms with Gasteiger partial charge in [0.25, 0.3) is 5.91 Å². The van der Waals surface area contributed by atoms with E-state index in [0.29, 0.717) is 53.8 Å². The molecule has 35 heavy (non-hydrogen) atoms. The number of amides is 1. The number of fused-ring (bicyclic) bond motifs is 1. The van der Waals surface area contributed by atoms with E-state index in [2.05, 4.69) is 5.32 Å². The first-order valence-corrected chi connectivity index (χ1v) is 12.0. The Bertz CT molecular complexity index is 1320. The molecule has 0 radical (unpaired) electrons. The summed E-state index contributed by atoms with van der Waals surface area (Å²) < 4.78 is 0. The molecule has 0 unspecified atom stereocenters. The first kappa shape index (κ1) is 24.4. The third kappa shape index (κ3) is 6.64. The maximum atomic E-state index is 12.7. The zero-order valence-electron chi connectivity index (χ0n) is 19.2. The lowest BCUT2D eigenvalue weighted by atomic mass is 10.0. The third-order valence-electron chi connectivity index (χ3n) is 5.71. The first-order chi connectivity index (χ1) is 17.0. The second-order valence-electron chi connectivity index (χ2n) is 8.32. The van der Waals surface area contributed by atoms with Gasteiger partial charge in [0.15, 0.2) is 0 Å². The smallest absolute Gasteiger partial charge is 0.303 e. The summed E-state index contributed by atoms with van der Waals surface area (Å²) in [6, 6.07) is 22.7. The van der Waals surface area contributed by atoms with Crippen LogP contribution in [0.4, 0.5) is 0 Å². The number of carbonyl (C=O) groups excluding carboxylic acids is 1. The predicted octanol–water partition coefficient (Wildman–Crippen LogP) is 5.72. The number of aryl methyl sites for hydroxylation is 1. The van der Waals surface area contributed by atoms with Crippen molar-refractivity contribution in [2.45, 2.75) is 32.1 Å². The Labute approximate surface area is 209 Å². The van der Waals surface area contributed by atoms with Gasteiger partial charge in [-0.15, -0.1) is 0 Å². The largest absolute Gasteiger partial charge is 0.481 e. The zero-order chi connectivity index (χ0) is 24.6. The number of nitrogens with zero attached hydrogens (tertiary/aromatic N) is 2. The summed E-state index contributed by atoms with van der Waals surface area (Å²) in [5, 5.41) is 12.6. The molecule has 0 saturated heterocycles. The van der Waals surface area contributed by atoms with E-state index in [1.165, 1.54) is 0 Å². The molecule has 0 aliphatic rings. The van der Waals surface area contributed by atoms with E-state index >= 15 is 0 Å². The number of rotatable bonds is 10.